The summed E-state index contributed by atoms with van der Waals surface area (Å²) in [6, 6.07) is 4.66. The van der Waals surface area contributed by atoms with Crippen LogP contribution >= 0.6 is 0 Å². The number of aryl methyl sites for hydroxylation is 1. The number of ether oxygens (including phenoxy) is 1. The Hall–Kier alpha value is -1.96. The zero-order valence-electron chi connectivity index (χ0n) is 16.0. The predicted octanol–water partition coefficient (Wildman–Crippen LogP) is 2.91. The second-order valence-electron chi connectivity index (χ2n) is 7.81. The van der Waals surface area contributed by atoms with Gasteiger partial charge in [-0.3, -0.25) is 0 Å². The van der Waals surface area contributed by atoms with E-state index in [2.05, 4.69) is 5.10 Å². The molecule has 2 atom stereocenters. The predicted molar refractivity (Wildman–Crippen MR) is 98.3 cm³/mol. The first-order valence-corrected chi connectivity index (χ1v) is 8.84. The third-order valence-electron chi connectivity index (χ3n) is 4.69. The van der Waals surface area contributed by atoms with Crippen molar-refractivity contribution in [3.05, 3.63) is 40.8 Å². The van der Waals surface area contributed by atoms with Crippen LogP contribution in [-0.4, -0.2) is 38.3 Å². The number of aromatic nitrogens is 2. The zero-order valence-corrected chi connectivity index (χ0v) is 16.0. The van der Waals surface area contributed by atoms with Gasteiger partial charge in [0.05, 0.1) is 17.0 Å². The molecule has 0 spiro atoms. The Balaban J connectivity index is 1.93. The average molecular weight is 362 g/mol. The fraction of sp³-hybridized carbons (Fsp3) is 0.526. The van der Waals surface area contributed by atoms with E-state index in [1.54, 1.807) is 23.7 Å². The highest BCUT2D eigenvalue weighted by Crippen LogP contribution is 2.36. The summed E-state index contributed by atoms with van der Waals surface area (Å²) < 4.78 is 20.9. The first-order valence-electron chi connectivity index (χ1n) is 8.84. The molecule has 26 heavy (non-hydrogen) atoms. The average Bonchev–Trinajstić information content (AvgIpc) is 2.86. The number of aliphatic hydroxyl groups excluding tert-OH is 1. The van der Waals surface area contributed by atoms with Crippen molar-refractivity contribution in [3.8, 4) is 5.69 Å². The fourth-order valence-corrected chi connectivity index (χ4v) is 3.37. The number of fused-ring (bicyclic) bond motifs is 1. The van der Waals surface area contributed by atoms with Gasteiger partial charge in [-0.15, -0.1) is 0 Å². The van der Waals surface area contributed by atoms with E-state index in [4.69, 9.17) is 10.5 Å². The standard InChI is InChI=1S/C19H27FN4O2/c1-11-10-13(6-7-14(11)20)24-17(21)16-12(2)23(9-8-15(16)22-24)18(25)26-19(3,4)5/h6-7,10,12,18,25H,8-9,21H2,1-5H3/t12-,18?/m0/s1. The minimum atomic E-state index is -1.02. The summed E-state index contributed by atoms with van der Waals surface area (Å²) in [6.45, 7) is 10.0. The summed E-state index contributed by atoms with van der Waals surface area (Å²) in [4.78, 5) is 1.87. The topological polar surface area (TPSA) is 76.5 Å². The molecule has 0 bridgehead atoms. The Morgan fingerprint density at radius 2 is 2.08 bits per heavy atom. The lowest BCUT2D eigenvalue weighted by molar-refractivity contribution is -0.249. The van der Waals surface area contributed by atoms with Crippen LogP contribution in [0.15, 0.2) is 18.2 Å². The normalized spacial score (nSPS) is 19.4. The molecule has 0 amide bonds. The highest BCUT2D eigenvalue weighted by Gasteiger charge is 2.35. The van der Waals surface area contributed by atoms with E-state index in [1.807, 2.05) is 32.6 Å². The Morgan fingerprint density at radius 1 is 1.38 bits per heavy atom. The summed E-state index contributed by atoms with van der Waals surface area (Å²) >= 11 is 0. The minimum absolute atomic E-state index is 0.147. The molecule has 0 saturated heterocycles. The Morgan fingerprint density at radius 3 is 2.69 bits per heavy atom. The molecule has 0 saturated carbocycles. The number of hydrogen-bond donors (Lipinski definition) is 2. The molecule has 1 aromatic heterocycles. The quantitative estimate of drug-likeness (QED) is 0.821. The molecule has 0 fully saturated rings. The van der Waals surface area contributed by atoms with Crippen LogP contribution in [0.2, 0.25) is 0 Å². The minimum Gasteiger partial charge on any atom is -0.383 e. The summed E-state index contributed by atoms with van der Waals surface area (Å²) in [5, 5.41) is 15.1. The van der Waals surface area contributed by atoms with Crippen molar-refractivity contribution in [2.24, 2.45) is 0 Å². The van der Waals surface area contributed by atoms with E-state index in [0.29, 0.717) is 24.3 Å². The molecule has 2 aromatic rings. The van der Waals surface area contributed by atoms with Gasteiger partial charge in [-0.25, -0.2) is 14.0 Å². The molecule has 7 heteroatoms. The molecule has 142 valence electrons. The van der Waals surface area contributed by atoms with Gasteiger partial charge >= 0.3 is 0 Å². The summed E-state index contributed by atoms with van der Waals surface area (Å²) in [5.41, 5.74) is 8.97. The molecule has 2 heterocycles. The Labute approximate surface area is 153 Å². The number of benzene rings is 1. The lowest BCUT2D eigenvalue weighted by Gasteiger charge is -2.38. The van der Waals surface area contributed by atoms with Gasteiger partial charge in [0.25, 0.3) is 0 Å². The van der Waals surface area contributed by atoms with Crippen LogP contribution in [0, 0.1) is 12.7 Å². The van der Waals surface area contributed by atoms with Gasteiger partial charge in [-0.05, 0) is 58.4 Å². The maximum atomic E-state index is 13.6. The maximum Gasteiger partial charge on any atom is 0.217 e. The van der Waals surface area contributed by atoms with E-state index < -0.39 is 12.0 Å². The molecule has 3 rings (SSSR count). The number of rotatable bonds is 3. The number of halogens is 1. The molecule has 3 N–H and O–H groups in total. The molecule has 6 nitrogen and oxygen atoms in total. The molecule has 1 aromatic carbocycles. The highest BCUT2D eigenvalue weighted by atomic mass is 19.1. The number of nitrogens with two attached hydrogens (primary N) is 1. The van der Waals surface area contributed by atoms with Crippen molar-refractivity contribution >= 4 is 5.82 Å². The first-order chi connectivity index (χ1) is 12.1. The van der Waals surface area contributed by atoms with Gasteiger partial charge in [0.15, 0.2) is 0 Å². The van der Waals surface area contributed by atoms with Gasteiger partial charge in [-0.2, -0.15) is 5.10 Å². The summed E-state index contributed by atoms with van der Waals surface area (Å²) in [6.07, 6.45) is -0.365. The number of nitrogen functional groups attached to an aromatic ring is 1. The van der Waals surface area contributed by atoms with Crippen LogP contribution in [0.3, 0.4) is 0 Å². The van der Waals surface area contributed by atoms with Crippen molar-refractivity contribution in [3.63, 3.8) is 0 Å². The molecular weight excluding hydrogens is 335 g/mol. The van der Waals surface area contributed by atoms with Crippen LogP contribution in [0.4, 0.5) is 10.2 Å². The lowest BCUT2D eigenvalue weighted by Crippen LogP contribution is -2.46. The van der Waals surface area contributed by atoms with Gasteiger partial charge in [0.2, 0.25) is 6.41 Å². The van der Waals surface area contributed by atoms with Crippen LogP contribution in [0.5, 0.6) is 0 Å². The summed E-state index contributed by atoms with van der Waals surface area (Å²) in [5.74, 6) is 0.248. The number of aliphatic hydroxyl groups is 1. The summed E-state index contributed by atoms with van der Waals surface area (Å²) in [7, 11) is 0. The number of anilines is 1. The van der Waals surface area contributed by atoms with Crippen LogP contribution in [-0.2, 0) is 11.2 Å². The van der Waals surface area contributed by atoms with Crippen molar-refractivity contribution in [1.82, 2.24) is 14.7 Å². The van der Waals surface area contributed by atoms with Crippen LogP contribution in [0.25, 0.3) is 5.69 Å². The monoisotopic (exact) mass is 362 g/mol. The lowest BCUT2D eigenvalue weighted by atomic mass is 10.00. The van der Waals surface area contributed by atoms with Gasteiger partial charge in [0, 0.05) is 24.6 Å². The van der Waals surface area contributed by atoms with Crippen molar-refractivity contribution in [2.45, 2.75) is 59.1 Å². The number of hydrogen-bond acceptors (Lipinski definition) is 5. The molecule has 0 radical (unpaired) electrons. The highest BCUT2D eigenvalue weighted by molar-refractivity contribution is 5.53. The van der Waals surface area contributed by atoms with E-state index in [0.717, 1.165) is 16.9 Å². The van der Waals surface area contributed by atoms with Crippen LogP contribution < -0.4 is 5.73 Å². The van der Waals surface area contributed by atoms with E-state index in [9.17, 15) is 9.50 Å². The Bertz CT molecular complexity index is 813. The maximum absolute atomic E-state index is 13.6. The SMILES string of the molecule is Cc1cc(-n2nc3c(c2N)[C@H](C)N(C(O)OC(C)(C)C)CC3)ccc1F. The molecule has 1 aliphatic heterocycles. The number of nitrogens with zero attached hydrogens (tertiary/aromatic N) is 3. The first kappa shape index (κ1) is 18.8. The van der Waals surface area contributed by atoms with Crippen molar-refractivity contribution in [2.75, 3.05) is 12.3 Å². The van der Waals surface area contributed by atoms with Gasteiger partial charge in [0.1, 0.15) is 11.6 Å². The molecular formula is C19H27FN4O2. The second-order valence-corrected chi connectivity index (χ2v) is 7.81. The molecule has 0 aliphatic carbocycles. The smallest absolute Gasteiger partial charge is 0.217 e. The van der Waals surface area contributed by atoms with Gasteiger partial charge in [-0.1, -0.05) is 0 Å². The second kappa shape index (κ2) is 6.64. The van der Waals surface area contributed by atoms with Gasteiger partial charge < -0.3 is 15.6 Å². The molecule has 1 aliphatic rings. The molecule has 1 unspecified atom stereocenters. The fourth-order valence-electron chi connectivity index (χ4n) is 3.37. The zero-order chi connectivity index (χ0) is 19.2. The largest absolute Gasteiger partial charge is 0.383 e. The van der Waals surface area contributed by atoms with Crippen LogP contribution in [0.1, 0.15) is 50.6 Å². The van der Waals surface area contributed by atoms with E-state index in [1.165, 1.54) is 6.07 Å². The Kier molecular flexibility index (Phi) is 4.81. The third kappa shape index (κ3) is 3.47. The van der Waals surface area contributed by atoms with Crippen molar-refractivity contribution < 1.29 is 14.2 Å². The van der Waals surface area contributed by atoms with Crippen molar-refractivity contribution in [1.29, 1.82) is 0 Å². The van der Waals surface area contributed by atoms with E-state index >= 15 is 0 Å². The third-order valence-corrected chi connectivity index (χ3v) is 4.69. The van der Waals surface area contributed by atoms with E-state index in [-0.39, 0.29) is 11.9 Å².